The van der Waals surface area contributed by atoms with Gasteiger partial charge in [-0.05, 0) is 54.6 Å². The first-order valence-electron chi connectivity index (χ1n) is 10.3. The topological polar surface area (TPSA) is 90.3 Å². The molecule has 0 unspecified atom stereocenters. The van der Waals surface area contributed by atoms with Gasteiger partial charge in [-0.2, -0.15) is 4.98 Å². The molecular formula is C24H21ClFN5O3. The predicted octanol–water partition coefficient (Wildman–Crippen LogP) is 5.40. The number of rotatable bonds is 8. The van der Waals surface area contributed by atoms with Crippen LogP contribution in [0.2, 0.25) is 5.02 Å². The number of anilines is 2. The Balaban J connectivity index is 1.55. The predicted molar refractivity (Wildman–Crippen MR) is 128 cm³/mol. The Labute approximate surface area is 200 Å². The molecule has 0 atom stereocenters. The summed E-state index contributed by atoms with van der Waals surface area (Å²) in [7, 11) is 1.56. The largest absolute Gasteiger partial charge is 0.460 e. The molecule has 4 aromatic rings. The van der Waals surface area contributed by atoms with Crippen molar-refractivity contribution in [1.29, 1.82) is 0 Å². The molecule has 0 saturated heterocycles. The van der Waals surface area contributed by atoms with E-state index in [1.54, 1.807) is 73.8 Å². The van der Waals surface area contributed by atoms with Crippen molar-refractivity contribution in [2.24, 2.45) is 0 Å². The molecule has 2 N–H and O–H groups in total. The van der Waals surface area contributed by atoms with Gasteiger partial charge in [0.05, 0.1) is 17.9 Å². The molecule has 174 valence electrons. The Bertz CT molecular complexity index is 1280. The first-order valence-corrected chi connectivity index (χ1v) is 10.7. The smallest absolute Gasteiger partial charge is 0.336 e. The molecule has 10 heteroatoms. The maximum absolute atomic E-state index is 14.5. The van der Waals surface area contributed by atoms with Crippen molar-refractivity contribution in [3.63, 3.8) is 0 Å². The van der Waals surface area contributed by atoms with Crippen molar-refractivity contribution >= 4 is 29.0 Å². The van der Waals surface area contributed by atoms with Gasteiger partial charge in [-0.3, -0.25) is 0 Å². The number of benzene rings is 3. The molecule has 3 aromatic carbocycles. The zero-order valence-electron chi connectivity index (χ0n) is 18.2. The van der Waals surface area contributed by atoms with Crippen molar-refractivity contribution in [2.45, 2.75) is 0 Å². The number of ether oxygens (including phenoxy) is 2. The van der Waals surface area contributed by atoms with E-state index in [2.05, 4.69) is 20.7 Å². The monoisotopic (exact) mass is 481 g/mol. The van der Waals surface area contributed by atoms with Gasteiger partial charge in [0.1, 0.15) is 12.4 Å². The van der Waals surface area contributed by atoms with E-state index in [0.717, 1.165) is 0 Å². The molecular weight excluding hydrogens is 461 g/mol. The van der Waals surface area contributed by atoms with Crippen LogP contribution in [0.15, 0.2) is 72.8 Å². The van der Waals surface area contributed by atoms with Crippen molar-refractivity contribution in [1.82, 2.24) is 14.8 Å². The molecule has 0 spiro atoms. The number of aromatic nitrogens is 3. The minimum atomic E-state index is -0.435. The van der Waals surface area contributed by atoms with E-state index in [4.69, 9.17) is 21.1 Å². The third-order valence-corrected chi connectivity index (χ3v) is 4.91. The van der Waals surface area contributed by atoms with Gasteiger partial charge in [0, 0.05) is 23.5 Å². The van der Waals surface area contributed by atoms with Crippen molar-refractivity contribution in [2.75, 3.05) is 31.0 Å². The van der Waals surface area contributed by atoms with Crippen LogP contribution in [0.25, 0.3) is 17.1 Å². The normalized spacial score (nSPS) is 10.7. The fraction of sp³-hybridized carbons (Fsp3) is 0.125. The van der Waals surface area contributed by atoms with Gasteiger partial charge in [-0.15, -0.1) is 5.10 Å². The minimum absolute atomic E-state index is 0.0957. The average Bonchev–Trinajstić information content (AvgIpc) is 3.24. The van der Waals surface area contributed by atoms with E-state index in [-0.39, 0.29) is 24.0 Å². The van der Waals surface area contributed by atoms with Crippen LogP contribution in [0, 0.1) is 5.82 Å². The van der Waals surface area contributed by atoms with Gasteiger partial charge in [-0.25, -0.2) is 13.9 Å². The Morgan fingerprint density at radius 1 is 1.00 bits per heavy atom. The SMILES string of the molecule is COCCOc1nc(-c2ccccc2F)n(-c2ccc(NC(=O)Nc3cccc(Cl)c3)cc2)n1. The number of hydrogen-bond donors (Lipinski definition) is 2. The number of halogens is 2. The second-order valence-electron chi connectivity index (χ2n) is 7.09. The molecule has 1 aromatic heterocycles. The van der Waals surface area contributed by atoms with Gasteiger partial charge in [0.2, 0.25) is 0 Å². The quantitative estimate of drug-likeness (QED) is 0.329. The van der Waals surface area contributed by atoms with Crippen molar-refractivity contribution < 1.29 is 18.7 Å². The summed E-state index contributed by atoms with van der Waals surface area (Å²) < 4.78 is 26.5. The molecule has 2 amide bonds. The first kappa shape index (κ1) is 23.2. The lowest BCUT2D eigenvalue weighted by atomic mass is 10.2. The van der Waals surface area contributed by atoms with Crippen LogP contribution >= 0.6 is 11.6 Å². The molecule has 0 saturated carbocycles. The molecule has 0 radical (unpaired) electrons. The van der Waals surface area contributed by atoms with Gasteiger partial charge >= 0.3 is 12.0 Å². The van der Waals surface area contributed by atoms with Crippen molar-refractivity contribution in [3.8, 4) is 23.1 Å². The van der Waals surface area contributed by atoms with Crippen LogP contribution in [-0.4, -0.2) is 41.1 Å². The third-order valence-electron chi connectivity index (χ3n) is 4.67. The second-order valence-corrected chi connectivity index (χ2v) is 7.52. The number of methoxy groups -OCH3 is 1. The Kier molecular flexibility index (Phi) is 7.36. The number of nitrogens with zero attached hydrogens (tertiary/aromatic N) is 3. The number of hydrogen-bond acceptors (Lipinski definition) is 5. The van der Waals surface area contributed by atoms with Gasteiger partial charge < -0.3 is 20.1 Å². The van der Waals surface area contributed by atoms with Crippen LogP contribution in [0.5, 0.6) is 6.01 Å². The summed E-state index contributed by atoms with van der Waals surface area (Å²) in [6.45, 7) is 0.614. The maximum atomic E-state index is 14.5. The molecule has 0 aliphatic heterocycles. The van der Waals surface area contributed by atoms with Gasteiger partial charge in [0.15, 0.2) is 5.82 Å². The van der Waals surface area contributed by atoms with E-state index in [1.165, 1.54) is 10.7 Å². The summed E-state index contributed by atoms with van der Waals surface area (Å²) in [5.74, 6) is -0.152. The highest BCUT2D eigenvalue weighted by Crippen LogP contribution is 2.26. The fourth-order valence-electron chi connectivity index (χ4n) is 3.11. The third kappa shape index (κ3) is 5.69. The van der Waals surface area contributed by atoms with Crippen LogP contribution < -0.4 is 15.4 Å². The number of amides is 2. The Morgan fingerprint density at radius 2 is 1.76 bits per heavy atom. The number of nitrogens with one attached hydrogen (secondary N) is 2. The Morgan fingerprint density at radius 3 is 2.50 bits per heavy atom. The van der Waals surface area contributed by atoms with E-state index >= 15 is 0 Å². The van der Waals surface area contributed by atoms with Crippen LogP contribution in [-0.2, 0) is 4.74 Å². The highest BCUT2D eigenvalue weighted by Gasteiger charge is 2.17. The summed E-state index contributed by atoms with van der Waals surface area (Å²) in [6, 6.07) is 19.7. The molecule has 0 fully saturated rings. The lowest BCUT2D eigenvalue weighted by Gasteiger charge is -2.10. The molecule has 1 heterocycles. The minimum Gasteiger partial charge on any atom is -0.460 e. The average molecular weight is 482 g/mol. The molecule has 0 aliphatic carbocycles. The standard InChI is InChI=1S/C24H21ClFN5O3/c1-33-13-14-34-24-29-22(20-7-2-3-8-21(20)26)31(30-24)19-11-9-17(10-12-19)27-23(32)28-18-6-4-5-16(25)15-18/h2-12,15H,13-14H2,1H3,(H2,27,28,32). The highest BCUT2D eigenvalue weighted by molar-refractivity contribution is 6.30. The summed E-state index contributed by atoms with van der Waals surface area (Å²) in [5.41, 5.74) is 2.00. The summed E-state index contributed by atoms with van der Waals surface area (Å²) in [4.78, 5) is 16.6. The fourth-order valence-corrected chi connectivity index (χ4v) is 3.30. The molecule has 0 bridgehead atoms. The highest BCUT2D eigenvalue weighted by atomic mass is 35.5. The molecule has 0 aliphatic rings. The zero-order chi connectivity index (χ0) is 23.9. The summed E-state index contributed by atoms with van der Waals surface area (Å²) in [5, 5.41) is 10.4. The number of carbonyl (C=O) groups is 1. The zero-order valence-corrected chi connectivity index (χ0v) is 18.9. The van der Waals surface area contributed by atoms with E-state index in [1.807, 2.05) is 0 Å². The van der Waals surface area contributed by atoms with E-state index in [0.29, 0.717) is 28.7 Å². The Hall–Kier alpha value is -3.95. The first-order chi connectivity index (χ1) is 16.5. The van der Waals surface area contributed by atoms with Gasteiger partial charge in [0.25, 0.3) is 0 Å². The van der Waals surface area contributed by atoms with Crippen LogP contribution in [0.4, 0.5) is 20.6 Å². The lowest BCUT2D eigenvalue weighted by molar-refractivity contribution is 0.141. The van der Waals surface area contributed by atoms with E-state index in [9.17, 15) is 9.18 Å². The molecule has 4 rings (SSSR count). The van der Waals surface area contributed by atoms with Crippen LogP contribution in [0.3, 0.4) is 0 Å². The van der Waals surface area contributed by atoms with Crippen LogP contribution in [0.1, 0.15) is 0 Å². The number of carbonyl (C=O) groups excluding carboxylic acids is 1. The van der Waals surface area contributed by atoms with E-state index < -0.39 is 11.8 Å². The van der Waals surface area contributed by atoms with Gasteiger partial charge in [-0.1, -0.05) is 29.8 Å². The molecule has 34 heavy (non-hydrogen) atoms. The summed E-state index contributed by atoms with van der Waals surface area (Å²) >= 11 is 5.94. The summed E-state index contributed by atoms with van der Waals surface area (Å²) in [6.07, 6.45) is 0. The van der Waals surface area contributed by atoms with Crippen molar-refractivity contribution in [3.05, 3.63) is 83.6 Å². The number of urea groups is 1. The lowest BCUT2D eigenvalue weighted by Crippen LogP contribution is -2.19. The molecule has 8 nitrogen and oxygen atoms in total. The maximum Gasteiger partial charge on any atom is 0.336 e. The second kappa shape index (κ2) is 10.8.